The fourth-order valence-electron chi connectivity index (χ4n) is 4.09. The Morgan fingerprint density at radius 3 is 2.09 bits per heavy atom. The minimum atomic E-state index is -1.32. The van der Waals surface area contributed by atoms with Crippen molar-refractivity contribution in [3.05, 3.63) is 71.8 Å². The van der Waals surface area contributed by atoms with Crippen LogP contribution in [0.4, 0.5) is 17.7 Å². The zero-order valence-corrected chi connectivity index (χ0v) is 18.8. The molecule has 3 heterocycles. The largest absolute Gasteiger partial charge is 0.394 e. The molecule has 2 aromatic heterocycles. The van der Waals surface area contributed by atoms with Crippen LogP contribution >= 0.6 is 0 Å². The molecule has 1 aliphatic heterocycles. The Balaban J connectivity index is 1.53. The van der Waals surface area contributed by atoms with Crippen LogP contribution in [-0.2, 0) is 17.8 Å². The van der Waals surface area contributed by atoms with Gasteiger partial charge in [0.25, 0.3) is 0 Å². The number of aliphatic hydroxyl groups excluding tert-OH is 3. The lowest BCUT2D eigenvalue weighted by Gasteiger charge is -2.20. The number of aliphatic hydroxyl groups is 3. The van der Waals surface area contributed by atoms with E-state index in [0.717, 1.165) is 11.1 Å². The molecule has 5 rings (SSSR count). The highest BCUT2D eigenvalue weighted by Crippen LogP contribution is 2.35. The van der Waals surface area contributed by atoms with Gasteiger partial charge in [-0.05, 0) is 11.1 Å². The van der Waals surface area contributed by atoms with E-state index in [1.807, 2.05) is 60.7 Å². The van der Waals surface area contributed by atoms with Crippen LogP contribution in [0.3, 0.4) is 0 Å². The molecule has 7 N–H and O–H groups in total. The van der Waals surface area contributed by atoms with E-state index in [4.69, 9.17) is 10.5 Å². The van der Waals surface area contributed by atoms with Gasteiger partial charge in [-0.25, -0.2) is 4.98 Å². The SMILES string of the molecule is Nc1nc(NCc2ccccc2)nc2c1nc(NCc1ccccc1)n2[C@@H]1O[C@H](CO)[C@H](O)[C@H]1O. The van der Waals surface area contributed by atoms with Gasteiger partial charge >= 0.3 is 0 Å². The lowest BCUT2D eigenvalue weighted by atomic mass is 10.1. The number of aromatic nitrogens is 4. The number of nitrogen functional groups attached to an aromatic ring is 1. The number of hydrogen-bond donors (Lipinski definition) is 6. The molecule has 0 bridgehead atoms. The number of nitrogens with two attached hydrogens (primary N) is 1. The minimum absolute atomic E-state index is 0.152. The number of anilines is 3. The number of rotatable bonds is 8. The van der Waals surface area contributed by atoms with Crippen LogP contribution < -0.4 is 16.4 Å². The van der Waals surface area contributed by atoms with Crippen molar-refractivity contribution >= 4 is 28.9 Å². The van der Waals surface area contributed by atoms with Crippen LogP contribution in [0.2, 0.25) is 0 Å². The summed E-state index contributed by atoms with van der Waals surface area (Å²) < 4.78 is 7.35. The number of hydrogen-bond acceptors (Lipinski definition) is 10. The summed E-state index contributed by atoms with van der Waals surface area (Å²) >= 11 is 0. The van der Waals surface area contributed by atoms with Gasteiger partial charge in [0.1, 0.15) is 18.3 Å². The molecule has 0 saturated carbocycles. The van der Waals surface area contributed by atoms with Crippen molar-refractivity contribution in [1.82, 2.24) is 19.5 Å². The average Bonchev–Trinajstić information content (AvgIpc) is 3.39. The molecule has 4 atom stereocenters. The van der Waals surface area contributed by atoms with Crippen molar-refractivity contribution < 1.29 is 20.1 Å². The maximum Gasteiger partial charge on any atom is 0.227 e. The van der Waals surface area contributed by atoms with E-state index < -0.39 is 31.1 Å². The van der Waals surface area contributed by atoms with Gasteiger partial charge in [-0.3, -0.25) is 4.57 Å². The van der Waals surface area contributed by atoms with Crippen LogP contribution in [0, 0.1) is 0 Å². The number of imidazole rings is 1. The Morgan fingerprint density at radius 1 is 0.857 bits per heavy atom. The molecule has 0 spiro atoms. The van der Waals surface area contributed by atoms with Crippen molar-refractivity contribution in [3.63, 3.8) is 0 Å². The van der Waals surface area contributed by atoms with Crippen molar-refractivity contribution in [2.24, 2.45) is 0 Å². The number of benzene rings is 2. The first-order valence-corrected chi connectivity index (χ1v) is 11.3. The third kappa shape index (κ3) is 4.62. The maximum absolute atomic E-state index is 10.7. The number of ether oxygens (including phenoxy) is 1. The summed E-state index contributed by atoms with van der Waals surface area (Å²) in [6.07, 6.45) is -4.61. The summed E-state index contributed by atoms with van der Waals surface area (Å²) in [6, 6.07) is 19.5. The summed E-state index contributed by atoms with van der Waals surface area (Å²) in [4.78, 5) is 13.5. The Labute approximate surface area is 201 Å². The van der Waals surface area contributed by atoms with Crippen LogP contribution in [0.1, 0.15) is 17.4 Å². The van der Waals surface area contributed by atoms with Crippen molar-refractivity contribution in [3.8, 4) is 0 Å². The molecule has 1 fully saturated rings. The van der Waals surface area contributed by atoms with Gasteiger partial charge < -0.3 is 36.4 Å². The Morgan fingerprint density at radius 2 is 1.49 bits per heavy atom. The molecular weight excluding hydrogens is 450 g/mol. The highest BCUT2D eigenvalue weighted by Gasteiger charge is 2.45. The van der Waals surface area contributed by atoms with Crippen LogP contribution in [0.25, 0.3) is 11.2 Å². The predicted molar refractivity (Wildman–Crippen MR) is 130 cm³/mol. The van der Waals surface area contributed by atoms with Gasteiger partial charge in [-0.15, -0.1) is 0 Å². The molecule has 2 aromatic carbocycles. The van der Waals surface area contributed by atoms with Gasteiger partial charge in [0.15, 0.2) is 23.2 Å². The third-order valence-corrected chi connectivity index (χ3v) is 5.93. The van der Waals surface area contributed by atoms with E-state index in [1.165, 1.54) is 0 Å². The lowest BCUT2D eigenvalue weighted by Crippen LogP contribution is -2.33. The molecule has 0 radical (unpaired) electrons. The Hall–Kier alpha value is -3.77. The van der Waals surface area contributed by atoms with Crippen molar-refractivity contribution in [2.45, 2.75) is 37.6 Å². The first kappa shape index (κ1) is 23.0. The summed E-state index contributed by atoms with van der Waals surface area (Å²) in [5, 5.41) is 37.1. The van der Waals surface area contributed by atoms with E-state index in [0.29, 0.717) is 30.2 Å². The fourth-order valence-corrected chi connectivity index (χ4v) is 4.09. The Bertz CT molecular complexity index is 1290. The Kier molecular flexibility index (Phi) is 6.47. The minimum Gasteiger partial charge on any atom is -0.394 e. The van der Waals surface area contributed by atoms with Crippen LogP contribution in [-0.4, -0.2) is 59.8 Å². The standard InChI is InChI=1S/C24H27N7O4/c25-20-17-21(30-23(29-20)26-11-14-7-3-1-4-8-14)31(22-19(34)18(33)16(13-32)35-22)24(28-17)27-12-15-9-5-2-6-10-15/h1-10,16,18-19,22,32-34H,11-13H2,(H,27,28)(H3,25,26,29,30)/t16-,18+,19-,22-/m1/s1. The first-order valence-electron chi connectivity index (χ1n) is 11.3. The monoisotopic (exact) mass is 477 g/mol. The summed E-state index contributed by atoms with van der Waals surface area (Å²) in [5.41, 5.74) is 8.93. The molecule has 11 heteroatoms. The number of fused-ring (bicyclic) bond motifs is 1. The second-order valence-electron chi connectivity index (χ2n) is 8.32. The fraction of sp³-hybridized carbons (Fsp3) is 0.292. The van der Waals surface area contributed by atoms with Crippen molar-refractivity contribution in [2.75, 3.05) is 23.0 Å². The topological polar surface area (TPSA) is 164 Å². The highest BCUT2D eigenvalue weighted by molar-refractivity contribution is 5.85. The normalized spacial score (nSPS) is 21.9. The molecule has 182 valence electrons. The quantitative estimate of drug-likeness (QED) is 0.218. The molecule has 35 heavy (non-hydrogen) atoms. The van der Waals surface area contributed by atoms with Crippen LogP contribution in [0.15, 0.2) is 60.7 Å². The van der Waals surface area contributed by atoms with Gasteiger partial charge in [-0.1, -0.05) is 60.7 Å². The second kappa shape index (κ2) is 9.84. The smallest absolute Gasteiger partial charge is 0.227 e. The molecule has 4 aromatic rings. The maximum atomic E-state index is 10.7. The first-order chi connectivity index (χ1) is 17.0. The second-order valence-corrected chi connectivity index (χ2v) is 8.32. The number of nitrogens with zero attached hydrogens (tertiary/aromatic N) is 4. The van der Waals surface area contributed by atoms with E-state index in [2.05, 4.69) is 25.6 Å². The molecule has 0 amide bonds. The molecule has 0 unspecified atom stereocenters. The summed E-state index contributed by atoms with van der Waals surface area (Å²) in [5.74, 6) is 0.764. The third-order valence-electron chi connectivity index (χ3n) is 5.93. The molecule has 0 aliphatic carbocycles. The van der Waals surface area contributed by atoms with E-state index in [1.54, 1.807) is 4.57 Å². The predicted octanol–water partition coefficient (Wildman–Crippen LogP) is 1.24. The van der Waals surface area contributed by atoms with E-state index in [9.17, 15) is 15.3 Å². The van der Waals surface area contributed by atoms with Crippen molar-refractivity contribution in [1.29, 1.82) is 0 Å². The summed E-state index contributed by atoms with van der Waals surface area (Å²) in [6.45, 7) is 0.466. The van der Waals surface area contributed by atoms with E-state index in [-0.39, 0.29) is 11.8 Å². The molecule has 11 nitrogen and oxygen atoms in total. The number of nitrogens with one attached hydrogen (secondary N) is 2. The van der Waals surface area contributed by atoms with Gasteiger partial charge in [0, 0.05) is 13.1 Å². The highest BCUT2D eigenvalue weighted by atomic mass is 16.6. The molecular formula is C24H27N7O4. The van der Waals surface area contributed by atoms with Gasteiger partial charge in [0.05, 0.1) is 6.61 Å². The zero-order valence-electron chi connectivity index (χ0n) is 18.8. The average molecular weight is 478 g/mol. The molecule has 1 saturated heterocycles. The van der Waals surface area contributed by atoms with Gasteiger partial charge in [-0.2, -0.15) is 9.97 Å². The molecule has 1 aliphatic rings. The zero-order chi connectivity index (χ0) is 24.4. The lowest BCUT2D eigenvalue weighted by molar-refractivity contribution is -0.0501. The van der Waals surface area contributed by atoms with Crippen LogP contribution in [0.5, 0.6) is 0 Å². The van der Waals surface area contributed by atoms with E-state index >= 15 is 0 Å². The summed E-state index contributed by atoms with van der Waals surface area (Å²) in [7, 11) is 0. The van der Waals surface area contributed by atoms with Gasteiger partial charge in [0.2, 0.25) is 11.9 Å².